The van der Waals surface area contributed by atoms with E-state index in [2.05, 4.69) is 41.4 Å². The SMILES string of the molecule is Cc1ccc(NC(c2cccc(Cl)c2)c2nc(-c3ccc(C=O)cc3)no2)cc1C. The highest BCUT2D eigenvalue weighted by molar-refractivity contribution is 6.30. The van der Waals surface area contributed by atoms with Crippen LogP contribution in [0.1, 0.15) is 39.0 Å². The first-order valence-electron chi connectivity index (χ1n) is 9.52. The molecule has 3 aromatic carbocycles. The smallest absolute Gasteiger partial charge is 0.254 e. The van der Waals surface area contributed by atoms with Crippen molar-refractivity contribution in [2.75, 3.05) is 5.32 Å². The van der Waals surface area contributed by atoms with Gasteiger partial charge in [0, 0.05) is 21.8 Å². The zero-order valence-corrected chi connectivity index (χ0v) is 17.4. The fourth-order valence-corrected chi connectivity index (χ4v) is 3.35. The molecule has 4 aromatic rings. The van der Waals surface area contributed by atoms with Crippen LogP contribution in [0.3, 0.4) is 0 Å². The van der Waals surface area contributed by atoms with Crippen molar-refractivity contribution in [3.05, 3.63) is 99.9 Å². The zero-order valence-electron chi connectivity index (χ0n) is 16.6. The third kappa shape index (κ3) is 4.26. The van der Waals surface area contributed by atoms with Crippen LogP contribution >= 0.6 is 11.6 Å². The molecule has 0 radical (unpaired) electrons. The molecule has 0 bridgehead atoms. The maximum atomic E-state index is 10.9. The molecule has 0 saturated heterocycles. The number of anilines is 1. The van der Waals surface area contributed by atoms with Gasteiger partial charge in [-0.1, -0.05) is 59.2 Å². The van der Waals surface area contributed by atoms with Gasteiger partial charge in [0.05, 0.1) is 0 Å². The second-order valence-electron chi connectivity index (χ2n) is 7.13. The van der Waals surface area contributed by atoms with Crippen LogP contribution in [0.4, 0.5) is 5.69 Å². The number of benzene rings is 3. The fourth-order valence-electron chi connectivity index (χ4n) is 3.15. The number of halogens is 1. The Morgan fingerprint density at radius 2 is 1.80 bits per heavy atom. The summed E-state index contributed by atoms with van der Waals surface area (Å²) in [5, 5.41) is 8.25. The number of carbonyl (C=O) groups is 1. The van der Waals surface area contributed by atoms with Gasteiger partial charge in [0.25, 0.3) is 5.89 Å². The first-order valence-corrected chi connectivity index (χ1v) is 9.90. The maximum absolute atomic E-state index is 10.9. The largest absolute Gasteiger partial charge is 0.370 e. The maximum Gasteiger partial charge on any atom is 0.254 e. The average Bonchev–Trinajstić information content (AvgIpc) is 3.24. The van der Waals surface area contributed by atoms with E-state index in [1.54, 1.807) is 24.3 Å². The van der Waals surface area contributed by atoms with Gasteiger partial charge in [-0.3, -0.25) is 4.79 Å². The Morgan fingerprint density at radius 1 is 1.00 bits per heavy atom. The Bertz CT molecular complexity index is 1190. The number of nitrogens with zero attached hydrogens (tertiary/aromatic N) is 2. The number of aldehydes is 1. The molecule has 4 rings (SSSR count). The average molecular weight is 418 g/mol. The summed E-state index contributed by atoms with van der Waals surface area (Å²) < 4.78 is 5.62. The molecule has 0 aliphatic heterocycles. The fraction of sp³-hybridized carbons (Fsp3) is 0.125. The summed E-state index contributed by atoms with van der Waals surface area (Å²) in [4.78, 5) is 15.5. The summed E-state index contributed by atoms with van der Waals surface area (Å²) >= 11 is 6.23. The predicted octanol–water partition coefficient (Wildman–Crippen LogP) is 6.02. The number of nitrogens with one attached hydrogen (secondary N) is 1. The van der Waals surface area contributed by atoms with Crippen molar-refractivity contribution in [2.24, 2.45) is 0 Å². The zero-order chi connectivity index (χ0) is 21.1. The minimum Gasteiger partial charge on any atom is -0.370 e. The van der Waals surface area contributed by atoms with Gasteiger partial charge in [-0.2, -0.15) is 4.98 Å². The van der Waals surface area contributed by atoms with Gasteiger partial charge >= 0.3 is 0 Å². The molecule has 150 valence electrons. The third-order valence-electron chi connectivity index (χ3n) is 4.99. The van der Waals surface area contributed by atoms with E-state index in [1.165, 1.54) is 11.1 Å². The lowest BCUT2D eigenvalue weighted by molar-refractivity contribution is 0.112. The molecule has 1 heterocycles. The molecule has 0 aliphatic rings. The summed E-state index contributed by atoms with van der Waals surface area (Å²) in [5.74, 6) is 0.876. The van der Waals surface area contributed by atoms with E-state index < -0.39 is 0 Å². The molecule has 30 heavy (non-hydrogen) atoms. The summed E-state index contributed by atoms with van der Waals surface area (Å²) in [5.41, 5.74) is 5.62. The third-order valence-corrected chi connectivity index (χ3v) is 5.23. The first-order chi connectivity index (χ1) is 14.5. The van der Waals surface area contributed by atoms with E-state index in [-0.39, 0.29) is 6.04 Å². The van der Waals surface area contributed by atoms with E-state index in [0.717, 1.165) is 23.1 Å². The lowest BCUT2D eigenvalue weighted by Crippen LogP contribution is -2.13. The van der Waals surface area contributed by atoms with Gasteiger partial charge in [0.2, 0.25) is 5.82 Å². The van der Waals surface area contributed by atoms with Gasteiger partial charge in [-0.15, -0.1) is 0 Å². The first kappa shape index (κ1) is 19.9. The Balaban J connectivity index is 1.71. The molecule has 0 spiro atoms. The molecule has 1 unspecified atom stereocenters. The van der Waals surface area contributed by atoms with E-state index in [4.69, 9.17) is 16.1 Å². The minimum absolute atomic E-state index is 0.374. The van der Waals surface area contributed by atoms with Crippen molar-refractivity contribution in [3.63, 3.8) is 0 Å². The molecule has 0 saturated carbocycles. The van der Waals surface area contributed by atoms with E-state index in [9.17, 15) is 4.79 Å². The van der Waals surface area contributed by atoms with Crippen LogP contribution in [-0.2, 0) is 0 Å². The lowest BCUT2D eigenvalue weighted by atomic mass is 10.0. The number of aromatic nitrogens is 2. The van der Waals surface area contributed by atoms with Crippen molar-refractivity contribution < 1.29 is 9.32 Å². The molecule has 6 heteroatoms. The standard InChI is InChI=1S/C24H20ClN3O2/c1-15-6-11-21(12-16(15)2)26-22(19-4-3-5-20(25)13-19)24-27-23(28-30-24)18-9-7-17(14-29)8-10-18/h3-14,22,26H,1-2H3. The molecular weight excluding hydrogens is 398 g/mol. The highest BCUT2D eigenvalue weighted by Crippen LogP contribution is 2.29. The van der Waals surface area contributed by atoms with Gasteiger partial charge in [0.1, 0.15) is 12.3 Å². The molecule has 1 aromatic heterocycles. The van der Waals surface area contributed by atoms with Gasteiger partial charge in [-0.25, -0.2) is 0 Å². The van der Waals surface area contributed by atoms with Crippen LogP contribution < -0.4 is 5.32 Å². The molecule has 5 nitrogen and oxygen atoms in total. The Labute approximate surface area is 179 Å². The van der Waals surface area contributed by atoms with Crippen molar-refractivity contribution in [1.29, 1.82) is 0 Å². The monoisotopic (exact) mass is 417 g/mol. The minimum atomic E-state index is -0.374. The highest BCUT2D eigenvalue weighted by Gasteiger charge is 2.22. The van der Waals surface area contributed by atoms with Crippen LogP contribution in [0, 0.1) is 13.8 Å². The molecular formula is C24H20ClN3O2. The second-order valence-corrected chi connectivity index (χ2v) is 7.56. The van der Waals surface area contributed by atoms with Crippen LogP contribution in [0.2, 0.25) is 5.02 Å². The second kappa shape index (κ2) is 8.51. The summed E-state index contributed by atoms with van der Waals surface area (Å²) in [7, 11) is 0. The molecule has 0 fully saturated rings. The quantitative estimate of drug-likeness (QED) is 0.388. The molecule has 0 aliphatic carbocycles. The lowest BCUT2D eigenvalue weighted by Gasteiger charge is -2.18. The summed E-state index contributed by atoms with van der Waals surface area (Å²) in [6, 6.07) is 20.4. The van der Waals surface area contributed by atoms with Crippen LogP contribution in [0.25, 0.3) is 11.4 Å². The number of hydrogen-bond donors (Lipinski definition) is 1. The summed E-state index contributed by atoms with van der Waals surface area (Å²) in [6.07, 6.45) is 0.800. The van der Waals surface area contributed by atoms with Crippen LogP contribution in [0.15, 0.2) is 71.3 Å². The number of rotatable bonds is 6. The van der Waals surface area contributed by atoms with Gasteiger partial charge < -0.3 is 9.84 Å². The van der Waals surface area contributed by atoms with Crippen molar-refractivity contribution in [2.45, 2.75) is 19.9 Å². The molecule has 1 atom stereocenters. The van der Waals surface area contributed by atoms with E-state index >= 15 is 0 Å². The molecule has 0 amide bonds. The van der Waals surface area contributed by atoms with Gasteiger partial charge in [0.15, 0.2) is 0 Å². The van der Waals surface area contributed by atoms with E-state index in [1.807, 2.05) is 30.3 Å². The van der Waals surface area contributed by atoms with Crippen molar-refractivity contribution in [3.8, 4) is 11.4 Å². The number of hydrogen-bond acceptors (Lipinski definition) is 5. The predicted molar refractivity (Wildman–Crippen MR) is 118 cm³/mol. The van der Waals surface area contributed by atoms with Crippen molar-refractivity contribution >= 4 is 23.6 Å². The van der Waals surface area contributed by atoms with E-state index in [0.29, 0.717) is 22.3 Å². The topological polar surface area (TPSA) is 68.0 Å². The van der Waals surface area contributed by atoms with Crippen LogP contribution in [0.5, 0.6) is 0 Å². The number of aryl methyl sites for hydroxylation is 2. The highest BCUT2D eigenvalue weighted by atomic mass is 35.5. The Kier molecular flexibility index (Phi) is 5.63. The number of carbonyl (C=O) groups excluding carboxylic acids is 1. The van der Waals surface area contributed by atoms with Crippen LogP contribution in [-0.4, -0.2) is 16.4 Å². The van der Waals surface area contributed by atoms with Gasteiger partial charge in [-0.05, 0) is 54.8 Å². The Morgan fingerprint density at radius 3 is 2.50 bits per heavy atom. The Hall–Kier alpha value is -3.44. The summed E-state index contributed by atoms with van der Waals surface area (Å²) in [6.45, 7) is 4.15. The van der Waals surface area contributed by atoms with Crippen molar-refractivity contribution in [1.82, 2.24) is 10.1 Å². The molecule has 1 N–H and O–H groups in total. The normalized spacial score (nSPS) is 11.8.